The fourth-order valence-electron chi connectivity index (χ4n) is 2.69. The van der Waals surface area contributed by atoms with E-state index in [0.29, 0.717) is 31.1 Å². The van der Waals surface area contributed by atoms with Gasteiger partial charge in [-0.1, -0.05) is 23.7 Å². The van der Waals surface area contributed by atoms with Crippen LogP contribution in [-0.2, 0) is 14.3 Å². The summed E-state index contributed by atoms with van der Waals surface area (Å²) in [6.45, 7) is 2.70. The number of benzene rings is 1. The van der Waals surface area contributed by atoms with Crippen molar-refractivity contribution < 1.29 is 19.4 Å². The van der Waals surface area contributed by atoms with Crippen LogP contribution in [-0.4, -0.2) is 35.7 Å². The number of hydrogen-bond donors (Lipinski definition) is 2. The third-order valence-electron chi connectivity index (χ3n) is 4.07. The number of carbonyl (C=O) groups excluding carboxylic acids is 1. The second kappa shape index (κ2) is 7.11. The van der Waals surface area contributed by atoms with Gasteiger partial charge >= 0.3 is 5.97 Å². The van der Waals surface area contributed by atoms with E-state index in [1.165, 1.54) is 0 Å². The Balaban J connectivity index is 2.11. The van der Waals surface area contributed by atoms with Crippen molar-refractivity contribution >= 4 is 23.5 Å². The van der Waals surface area contributed by atoms with Crippen LogP contribution >= 0.6 is 11.6 Å². The lowest BCUT2D eigenvalue weighted by Crippen LogP contribution is -2.54. The Hall–Kier alpha value is -1.59. The van der Waals surface area contributed by atoms with Crippen LogP contribution in [0.3, 0.4) is 0 Å². The summed E-state index contributed by atoms with van der Waals surface area (Å²) in [4.78, 5) is 23.7. The molecule has 1 heterocycles. The lowest BCUT2D eigenvalue weighted by molar-refractivity contribution is -0.140. The molecular formula is C16H20ClNO4. The SMILES string of the molecule is CC(C(=O)NC1(CC(=O)O)CCOCC1)c1cccc(Cl)c1. The number of carboxylic acid groups (broad SMARTS) is 1. The molecule has 1 unspecified atom stereocenters. The maximum absolute atomic E-state index is 12.5. The summed E-state index contributed by atoms with van der Waals surface area (Å²) in [6.07, 6.45) is 0.922. The molecule has 1 aromatic rings. The van der Waals surface area contributed by atoms with Crippen molar-refractivity contribution in [3.05, 3.63) is 34.9 Å². The average Bonchev–Trinajstić information content (AvgIpc) is 2.46. The first kappa shape index (κ1) is 16.8. The van der Waals surface area contributed by atoms with E-state index in [2.05, 4.69) is 5.32 Å². The van der Waals surface area contributed by atoms with Crippen LogP contribution in [0.2, 0.25) is 5.02 Å². The van der Waals surface area contributed by atoms with E-state index in [1.54, 1.807) is 25.1 Å². The van der Waals surface area contributed by atoms with E-state index in [0.717, 1.165) is 5.56 Å². The smallest absolute Gasteiger partial charge is 0.305 e. The van der Waals surface area contributed by atoms with Crippen LogP contribution in [0.25, 0.3) is 0 Å². The van der Waals surface area contributed by atoms with Crippen molar-refractivity contribution in [3.8, 4) is 0 Å². The maximum atomic E-state index is 12.5. The van der Waals surface area contributed by atoms with Gasteiger partial charge in [0, 0.05) is 18.2 Å². The molecule has 0 aliphatic carbocycles. The standard InChI is InChI=1S/C16H20ClNO4/c1-11(12-3-2-4-13(17)9-12)15(21)18-16(10-14(19)20)5-7-22-8-6-16/h2-4,9,11H,5-8,10H2,1H3,(H,18,21)(H,19,20). The number of hydrogen-bond acceptors (Lipinski definition) is 3. The Morgan fingerprint density at radius 1 is 1.41 bits per heavy atom. The highest BCUT2D eigenvalue weighted by atomic mass is 35.5. The molecule has 0 saturated carbocycles. The van der Waals surface area contributed by atoms with Crippen LogP contribution < -0.4 is 5.32 Å². The number of amides is 1. The van der Waals surface area contributed by atoms with Crippen molar-refractivity contribution in [1.29, 1.82) is 0 Å². The van der Waals surface area contributed by atoms with Gasteiger partial charge in [0.1, 0.15) is 0 Å². The van der Waals surface area contributed by atoms with Gasteiger partial charge < -0.3 is 15.2 Å². The van der Waals surface area contributed by atoms with Crippen LogP contribution in [0.5, 0.6) is 0 Å². The second-order valence-electron chi connectivity index (χ2n) is 5.73. The minimum atomic E-state index is -0.919. The van der Waals surface area contributed by atoms with Gasteiger partial charge in [0.25, 0.3) is 0 Å². The molecule has 1 aliphatic heterocycles. The predicted octanol–water partition coefficient (Wildman–Crippen LogP) is 2.58. The third-order valence-corrected chi connectivity index (χ3v) is 4.30. The van der Waals surface area contributed by atoms with Gasteiger partial charge in [-0.2, -0.15) is 0 Å². The van der Waals surface area contributed by atoms with E-state index >= 15 is 0 Å². The summed E-state index contributed by atoms with van der Waals surface area (Å²) in [7, 11) is 0. The maximum Gasteiger partial charge on any atom is 0.305 e. The van der Waals surface area contributed by atoms with Crippen molar-refractivity contribution in [1.82, 2.24) is 5.32 Å². The number of carbonyl (C=O) groups is 2. The summed E-state index contributed by atoms with van der Waals surface area (Å²) in [5, 5.41) is 12.6. The Bertz CT molecular complexity index is 555. The topological polar surface area (TPSA) is 75.6 Å². The molecule has 0 spiro atoms. The molecule has 1 fully saturated rings. The predicted molar refractivity (Wildman–Crippen MR) is 83.0 cm³/mol. The minimum Gasteiger partial charge on any atom is -0.481 e. The fraction of sp³-hybridized carbons (Fsp3) is 0.500. The van der Waals surface area contributed by atoms with Gasteiger partial charge in [0.2, 0.25) is 5.91 Å². The van der Waals surface area contributed by atoms with Crippen LogP contribution in [0, 0.1) is 0 Å². The molecule has 0 radical (unpaired) electrons. The highest BCUT2D eigenvalue weighted by Gasteiger charge is 2.37. The van der Waals surface area contributed by atoms with Gasteiger partial charge in [0.15, 0.2) is 0 Å². The zero-order valence-corrected chi connectivity index (χ0v) is 13.2. The van der Waals surface area contributed by atoms with E-state index in [9.17, 15) is 9.59 Å². The average molecular weight is 326 g/mol. The largest absolute Gasteiger partial charge is 0.481 e. The van der Waals surface area contributed by atoms with Gasteiger partial charge in [-0.15, -0.1) is 0 Å². The molecule has 5 nitrogen and oxygen atoms in total. The van der Waals surface area contributed by atoms with E-state index in [1.807, 2.05) is 6.07 Å². The van der Waals surface area contributed by atoms with Crippen LogP contribution in [0.15, 0.2) is 24.3 Å². The van der Waals surface area contributed by atoms with Gasteiger partial charge in [0.05, 0.1) is 17.9 Å². The molecule has 2 rings (SSSR count). The second-order valence-corrected chi connectivity index (χ2v) is 6.17. The molecule has 1 aliphatic rings. The molecular weight excluding hydrogens is 306 g/mol. The summed E-state index contributed by atoms with van der Waals surface area (Å²) in [5.74, 6) is -1.50. The van der Waals surface area contributed by atoms with Crippen molar-refractivity contribution in [2.24, 2.45) is 0 Å². The number of carboxylic acids is 1. The zero-order valence-electron chi connectivity index (χ0n) is 12.5. The summed E-state index contributed by atoms with van der Waals surface area (Å²) in [5.41, 5.74) is 0.0797. The quantitative estimate of drug-likeness (QED) is 0.872. The molecule has 120 valence electrons. The molecule has 2 N–H and O–H groups in total. The first-order chi connectivity index (χ1) is 10.4. The Morgan fingerprint density at radius 2 is 2.09 bits per heavy atom. The van der Waals surface area contributed by atoms with E-state index < -0.39 is 17.4 Å². The molecule has 1 amide bonds. The number of aliphatic carboxylic acids is 1. The molecule has 1 aromatic carbocycles. The number of rotatable bonds is 5. The Kier molecular flexibility index (Phi) is 5.42. The highest BCUT2D eigenvalue weighted by Crippen LogP contribution is 2.27. The lowest BCUT2D eigenvalue weighted by atomic mass is 9.85. The molecule has 1 atom stereocenters. The zero-order chi connectivity index (χ0) is 16.2. The summed E-state index contributed by atoms with van der Waals surface area (Å²) in [6, 6.07) is 7.13. The normalized spacial score (nSPS) is 18.5. The van der Waals surface area contributed by atoms with E-state index in [4.69, 9.17) is 21.4 Å². The summed E-state index contributed by atoms with van der Waals surface area (Å²) >= 11 is 5.96. The lowest BCUT2D eigenvalue weighted by Gasteiger charge is -2.37. The van der Waals surface area contributed by atoms with Gasteiger partial charge in [-0.3, -0.25) is 9.59 Å². The molecule has 1 saturated heterocycles. The first-order valence-corrected chi connectivity index (χ1v) is 7.67. The molecule has 0 aromatic heterocycles. The minimum absolute atomic E-state index is 0.0929. The number of ether oxygens (including phenoxy) is 1. The molecule has 22 heavy (non-hydrogen) atoms. The van der Waals surface area contributed by atoms with Crippen molar-refractivity contribution in [2.45, 2.75) is 37.6 Å². The monoisotopic (exact) mass is 325 g/mol. The highest BCUT2D eigenvalue weighted by molar-refractivity contribution is 6.30. The van der Waals surface area contributed by atoms with Crippen LogP contribution in [0.4, 0.5) is 0 Å². The van der Waals surface area contributed by atoms with Crippen molar-refractivity contribution in [3.63, 3.8) is 0 Å². The van der Waals surface area contributed by atoms with Crippen LogP contribution in [0.1, 0.15) is 37.7 Å². The third kappa shape index (κ3) is 4.21. The number of halogens is 1. The first-order valence-electron chi connectivity index (χ1n) is 7.29. The van der Waals surface area contributed by atoms with Gasteiger partial charge in [-0.05, 0) is 37.5 Å². The Morgan fingerprint density at radius 3 is 2.68 bits per heavy atom. The Labute approximate surface area is 134 Å². The molecule has 6 heteroatoms. The van der Waals surface area contributed by atoms with Gasteiger partial charge in [-0.25, -0.2) is 0 Å². The number of nitrogens with one attached hydrogen (secondary N) is 1. The van der Waals surface area contributed by atoms with E-state index in [-0.39, 0.29) is 12.3 Å². The van der Waals surface area contributed by atoms with Crippen molar-refractivity contribution in [2.75, 3.05) is 13.2 Å². The fourth-order valence-corrected chi connectivity index (χ4v) is 2.89. The molecule has 0 bridgehead atoms. The summed E-state index contributed by atoms with van der Waals surface area (Å²) < 4.78 is 5.29.